The number of anilines is 1. The minimum atomic E-state index is -3.47. The van der Waals surface area contributed by atoms with Gasteiger partial charge in [-0.15, -0.1) is 0 Å². The summed E-state index contributed by atoms with van der Waals surface area (Å²) in [7, 11) is -3.47. The van der Waals surface area contributed by atoms with Gasteiger partial charge in [-0.2, -0.15) is 4.31 Å². The predicted molar refractivity (Wildman–Crippen MR) is 94.5 cm³/mol. The Morgan fingerprint density at radius 3 is 2.62 bits per heavy atom. The predicted octanol–water partition coefficient (Wildman–Crippen LogP) is 2.79. The van der Waals surface area contributed by atoms with Gasteiger partial charge in [-0.25, -0.2) is 8.42 Å². The van der Waals surface area contributed by atoms with E-state index in [0.717, 1.165) is 30.5 Å². The number of hydrogen-bond acceptors (Lipinski definition) is 3. The molecule has 1 aromatic carbocycles. The van der Waals surface area contributed by atoms with E-state index in [0.29, 0.717) is 30.3 Å². The lowest BCUT2D eigenvalue weighted by atomic mass is 10.1. The minimum Gasteiger partial charge on any atom is -0.309 e. The van der Waals surface area contributed by atoms with Crippen LogP contribution in [-0.2, 0) is 21.2 Å². The van der Waals surface area contributed by atoms with E-state index in [4.69, 9.17) is 0 Å². The van der Waals surface area contributed by atoms with E-state index in [9.17, 15) is 13.2 Å². The van der Waals surface area contributed by atoms with Crippen molar-refractivity contribution in [3.8, 4) is 0 Å². The molecule has 132 valence electrons. The first-order valence-electron chi connectivity index (χ1n) is 8.77. The molecule has 0 N–H and O–H groups in total. The highest BCUT2D eigenvalue weighted by atomic mass is 32.2. The summed E-state index contributed by atoms with van der Waals surface area (Å²) < 4.78 is 27.7. The second kappa shape index (κ2) is 6.48. The molecule has 1 amide bonds. The monoisotopic (exact) mass is 350 g/mol. The van der Waals surface area contributed by atoms with Gasteiger partial charge in [0.1, 0.15) is 0 Å². The maximum Gasteiger partial charge on any atom is 0.243 e. The first-order chi connectivity index (χ1) is 11.3. The third-order valence-electron chi connectivity index (χ3n) is 4.88. The van der Waals surface area contributed by atoms with E-state index in [-0.39, 0.29) is 11.9 Å². The fourth-order valence-electron chi connectivity index (χ4n) is 3.54. The first-order valence-corrected chi connectivity index (χ1v) is 10.2. The summed E-state index contributed by atoms with van der Waals surface area (Å²) in [5.74, 6) is 0.521. The summed E-state index contributed by atoms with van der Waals surface area (Å²) in [4.78, 5) is 13.9. The van der Waals surface area contributed by atoms with Gasteiger partial charge in [0.15, 0.2) is 0 Å². The SMILES string of the molecule is CCCN(CC1CC1)S(=O)(=O)c1ccc2c(c1)CC(C)N2C(C)=O. The van der Waals surface area contributed by atoms with E-state index in [1.807, 2.05) is 13.8 Å². The molecule has 1 heterocycles. The normalized spacial score (nSPS) is 20.5. The van der Waals surface area contributed by atoms with Crippen molar-refractivity contribution in [3.63, 3.8) is 0 Å². The molecular formula is C18H26N2O3S. The molecule has 1 atom stereocenters. The molecule has 24 heavy (non-hydrogen) atoms. The van der Waals surface area contributed by atoms with Gasteiger partial charge in [0.2, 0.25) is 15.9 Å². The van der Waals surface area contributed by atoms with Gasteiger partial charge in [-0.05, 0) is 62.3 Å². The van der Waals surface area contributed by atoms with Crippen LogP contribution in [-0.4, -0.2) is 37.8 Å². The number of carbonyl (C=O) groups excluding carboxylic acids is 1. The van der Waals surface area contributed by atoms with Gasteiger partial charge in [0.05, 0.1) is 4.90 Å². The van der Waals surface area contributed by atoms with Crippen molar-refractivity contribution >= 4 is 21.6 Å². The summed E-state index contributed by atoms with van der Waals surface area (Å²) in [6, 6.07) is 5.28. The van der Waals surface area contributed by atoms with E-state index in [1.165, 1.54) is 0 Å². The van der Waals surface area contributed by atoms with Crippen LogP contribution in [0.25, 0.3) is 0 Å². The molecule has 1 aromatic rings. The number of nitrogens with zero attached hydrogens (tertiary/aromatic N) is 2. The Hall–Kier alpha value is -1.40. The van der Waals surface area contributed by atoms with Crippen molar-refractivity contribution < 1.29 is 13.2 Å². The second-order valence-electron chi connectivity index (χ2n) is 7.04. The highest BCUT2D eigenvalue weighted by molar-refractivity contribution is 7.89. The van der Waals surface area contributed by atoms with Gasteiger partial charge in [0.25, 0.3) is 0 Å². The Kier molecular flexibility index (Phi) is 4.71. The van der Waals surface area contributed by atoms with Crippen LogP contribution < -0.4 is 4.90 Å². The Morgan fingerprint density at radius 2 is 2.04 bits per heavy atom. The zero-order valence-corrected chi connectivity index (χ0v) is 15.5. The summed E-state index contributed by atoms with van der Waals surface area (Å²) in [5, 5.41) is 0. The summed E-state index contributed by atoms with van der Waals surface area (Å²) in [5.41, 5.74) is 1.79. The van der Waals surface area contributed by atoms with Crippen LogP contribution in [0.2, 0.25) is 0 Å². The molecule has 0 aromatic heterocycles. The van der Waals surface area contributed by atoms with Gasteiger partial charge >= 0.3 is 0 Å². The molecule has 1 saturated carbocycles. The molecule has 6 heteroatoms. The van der Waals surface area contributed by atoms with E-state index in [1.54, 1.807) is 34.3 Å². The molecule has 1 aliphatic carbocycles. The Morgan fingerprint density at radius 1 is 1.33 bits per heavy atom. The van der Waals surface area contributed by atoms with Crippen LogP contribution >= 0.6 is 0 Å². The van der Waals surface area contributed by atoms with Crippen molar-refractivity contribution in [1.29, 1.82) is 0 Å². The van der Waals surface area contributed by atoms with Crippen LogP contribution in [0.1, 0.15) is 45.6 Å². The standard InChI is InChI=1S/C18H26N2O3S/c1-4-9-19(12-15-5-6-15)24(22,23)17-7-8-18-16(11-17)10-13(2)20(18)14(3)21/h7-8,11,13,15H,4-6,9-10,12H2,1-3H3. The van der Waals surface area contributed by atoms with Crippen molar-refractivity contribution in [1.82, 2.24) is 4.31 Å². The van der Waals surface area contributed by atoms with E-state index in [2.05, 4.69) is 0 Å². The third kappa shape index (κ3) is 3.22. The van der Waals surface area contributed by atoms with Gasteiger partial charge < -0.3 is 4.90 Å². The van der Waals surface area contributed by atoms with Crippen LogP contribution in [0.3, 0.4) is 0 Å². The molecular weight excluding hydrogens is 324 g/mol. The molecule has 1 unspecified atom stereocenters. The number of carbonyl (C=O) groups is 1. The Bertz CT molecular complexity index is 741. The van der Waals surface area contributed by atoms with Crippen LogP contribution in [0, 0.1) is 5.92 Å². The summed E-state index contributed by atoms with van der Waals surface area (Å²) in [6.45, 7) is 6.74. The highest BCUT2D eigenvalue weighted by Gasteiger charge is 2.34. The lowest BCUT2D eigenvalue weighted by Gasteiger charge is -2.23. The first kappa shape index (κ1) is 17.4. The quantitative estimate of drug-likeness (QED) is 0.793. The number of amides is 1. The molecule has 0 radical (unpaired) electrons. The van der Waals surface area contributed by atoms with Crippen molar-refractivity contribution in [3.05, 3.63) is 23.8 Å². The van der Waals surface area contributed by atoms with Crippen LogP contribution in [0.4, 0.5) is 5.69 Å². The summed E-state index contributed by atoms with van der Waals surface area (Å²) in [6.07, 6.45) is 3.77. The van der Waals surface area contributed by atoms with E-state index >= 15 is 0 Å². The number of sulfonamides is 1. The summed E-state index contributed by atoms with van der Waals surface area (Å²) >= 11 is 0. The zero-order valence-electron chi connectivity index (χ0n) is 14.7. The van der Waals surface area contributed by atoms with Gasteiger partial charge in [-0.1, -0.05) is 6.92 Å². The lowest BCUT2D eigenvalue weighted by molar-refractivity contribution is -0.116. The minimum absolute atomic E-state index is 0.00167. The van der Waals surface area contributed by atoms with E-state index < -0.39 is 10.0 Å². The number of hydrogen-bond donors (Lipinski definition) is 0. The van der Waals surface area contributed by atoms with Crippen LogP contribution in [0.15, 0.2) is 23.1 Å². The maximum atomic E-state index is 13.0. The Balaban J connectivity index is 1.92. The topological polar surface area (TPSA) is 57.7 Å². The Labute approximate surface area is 144 Å². The number of rotatable bonds is 6. The molecule has 1 fully saturated rings. The number of fused-ring (bicyclic) bond motifs is 1. The molecule has 2 aliphatic rings. The second-order valence-corrected chi connectivity index (χ2v) is 8.98. The van der Waals surface area contributed by atoms with Gasteiger partial charge in [0, 0.05) is 31.7 Å². The number of benzene rings is 1. The van der Waals surface area contributed by atoms with Crippen LogP contribution in [0.5, 0.6) is 0 Å². The fourth-order valence-corrected chi connectivity index (χ4v) is 5.20. The lowest BCUT2D eigenvalue weighted by Crippen LogP contribution is -2.34. The molecule has 5 nitrogen and oxygen atoms in total. The highest BCUT2D eigenvalue weighted by Crippen LogP contribution is 2.36. The van der Waals surface area contributed by atoms with Crippen molar-refractivity contribution in [2.75, 3.05) is 18.0 Å². The molecule has 0 spiro atoms. The largest absolute Gasteiger partial charge is 0.309 e. The molecule has 1 aliphatic heterocycles. The average Bonchev–Trinajstić information content (AvgIpc) is 3.25. The maximum absolute atomic E-state index is 13.0. The van der Waals surface area contributed by atoms with Crippen molar-refractivity contribution in [2.45, 2.75) is 57.4 Å². The molecule has 0 saturated heterocycles. The zero-order chi connectivity index (χ0) is 17.5. The molecule has 0 bridgehead atoms. The molecule has 3 rings (SSSR count). The van der Waals surface area contributed by atoms with Gasteiger partial charge in [-0.3, -0.25) is 4.79 Å². The average molecular weight is 350 g/mol. The fraction of sp³-hybridized carbons (Fsp3) is 0.611. The van der Waals surface area contributed by atoms with Crippen molar-refractivity contribution in [2.24, 2.45) is 5.92 Å². The third-order valence-corrected chi connectivity index (χ3v) is 6.74. The smallest absolute Gasteiger partial charge is 0.243 e.